The van der Waals surface area contributed by atoms with Crippen molar-refractivity contribution < 1.29 is 4.74 Å². The first-order chi connectivity index (χ1) is 18.5. The molecule has 0 saturated heterocycles. The van der Waals surface area contributed by atoms with Crippen molar-refractivity contribution in [1.82, 2.24) is 29.2 Å². The van der Waals surface area contributed by atoms with Gasteiger partial charge in [0.15, 0.2) is 10.3 Å². The monoisotopic (exact) mass is 587 g/mol. The molecule has 5 rings (SSSR count). The second-order valence-corrected chi connectivity index (χ2v) is 11.0. The smallest absolute Gasteiger partial charge is 0.152 e. The number of benzene rings is 1. The molecular weight excluding hydrogens is 557 g/mol. The van der Waals surface area contributed by atoms with Gasteiger partial charge >= 0.3 is 0 Å². The van der Waals surface area contributed by atoms with Gasteiger partial charge in [0, 0.05) is 12.6 Å². The molecule has 0 spiro atoms. The van der Waals surface area contributed by atoms with Crippen LogP contribution in [0.2, 0.25) is 15.3 Å². The lowest BCUT2D eigenvalue weighted by Crippen LogP contribution is -2.05. The molecule has 1 aromatic carbocycles. The van der Waals surface area contributed by atoms with Crippen LogP contribution in [0.5, 0.6) is 5.75 Å². The van der Waals surface area contributed by atoms with Gasteiger partial charge in [0.05, 0.1) is 29.2 Å². The Labute approximate surface area is 243 Å². The zero-order chi connectivity index (χ0) is 28.4. The van der Waals surface area contributed by atoms with E-state index in [-0.39, 0.29) is 0 Å². The number of ether oxygens (including phenoxy) is 1. The first-order valence-corrected chi connectivity index (χ1v) is 13.8. The number of imidazole rings is 2. The summed E-state index contributed by atoms with van der Waals surface area (Å²) in [6, 6.07) is 11.5. The molecule has 0 saturated carbocycles. The van der Waals surface area contributed by atoms with Crippen LogP contribution >= 0.6 is 34.8 Å². The molecule has 0 aliphatic rings. The van der Waals surface area contributed by atoms with Gasteiger partial charge in [-0.25, -0.2) is 19.0 Å². The van der Waals surface area contributed by atoms with Gasteiger partial charge < -0.3 is 10.1 Å². The Morgan fingerprint density at radius 3 is 1.85 bits per heavy atom. The highest BCUT2D eigenvalue weighted by Crippen LogP contribution is 2.30. The van der Waals surface area contributed by atoms with E-state index in [4.69, 9.17) is 39.5 Å². The van der Waals surface area contributed by atoms with E-state index in [2.05, 4.69) is 53.2 Å². The molecule has 0 aliphatic carbocycles. The van der Waals surface area contributed by atoms with Gasteiger partial charge in [-0.05, 0) is 49.4 Å². The maximum Gasteiger partial charge on any atom is 0.152 e. The standard InChI is InChI=1S/C18H21ClN4O.C10H11Cl2N3/c1-11(2)17-18-15(9-16(19)22-23(18)12(3)21-17)20-10-13-5-7-14(24-4)8-6-13;1-5(2)9-10-7(11)4-8(12)14-15(10)6(3)13-9/h5-9,11,20H,10H2,1-4H3;4-5H,1-3H3. The van der Waals surface area contributed by atoms with Crippen molar-refractivity contribution in [3.63, 3.8) is 0 Å². The zero-order valence-corrected chi connectivity index (χ0v) is 25.3. The summed E-state index contributed by atoms with van der Waals surface area (Å²) in [4.78, 5) is 9.10. The Morgan fingerprint density at radius 2 is 1.31 bits per heavy atom. The van der Waals surface area contributed by atoms with Gasteiger partial charge in [0.1, 0.15) is 28.4 Å². The maximum absolute atomic E-state index is 6.19. The van der Waals surface area contributed by atoms with Crippen molar-refractivity contribution in [2.45, 2.75) is 59.9 Å². The largest absolute Gasteiger partial charge is 0.497 e. The van der Waals surface area contributed by atoms with Crippen LogP contribution in [0.4, 0.5) is 5.69 Å². The molecule has 0 aliphatic heterocycles. The van der Waals surface area contributed by atoms with Crippen LogP contribution in [-0.2, 0) is 6.54 Å². The molecular formula is C28H32Cl3N7O. The summed E-state index contributed by atoms with van der Waals surface area (Å²) in [7, 11) is 1.67. The lowest BCUT2D eigenvalue weighted by Gasteiger charge is -2.11. The first kappa shape index (κ1) is 28.9. The first-order valence-electron chi connectivity index (χ1n) is 12.6. The lowest BCUT2D eigenvalue weighted by molar-refractivity contribution is 0.414. The van der Waals surface area contributed by atoms with Crippen LogP contribution in [0.1, 0.15) is 68.1 Å². The van der Waals surface area contributed by atoms with Crippen LogP contribution in [0.25, 0.3) is 11.0 Å². The molecule has 0 bridgehead atoms. The number of nitrogens with one attached hydrogen (secondary N) is 1. The van der Waals surface area contributed by atoms with Crippen molar-refractivity contribution in [2.24, 2.45) is 0 Å². The summed E-state index contributed by atoms with van der Waals surface area (Å²) in [5.41, 5.74) is 5.92. The topological polar surface area (TPSA) is 81.6 Å². The van der Waals surface area contributed by atoms with Crippen molar-refractivity contribution in [1.29, 1.82) is 0 Å². The molecule has 4 aromatic heterocycles. The molecule has 5 aromatic rings. The van der Waals surface area contributed by atoms with Crippen LogP contribution in [0, 0.1) is 13.8 Å². The van der Waals surface area contributed by atoms with Gasteiger partial charge in [-0.15, -0.1) is 0 Å². The van der Waals surface area contributed by atoms with E-state index in [1.807, 2.05) is 48.7 Å². The Bertz CT molecular complexity index is 1610. The molecule has 39 heavy (non-hydrogen) atoms. The number of hydrogen-bond donors (Lipinski definition) is 1. The molecule has 0 unspecified atom stereocenters. The van der Waals surface area contributed by atoms with Crippen LogP contribution in [0.15, 0.2) is 36.4 Å². The molecule has 0 fully saturated rings. The molecule has 206 valence electrons. The molecule has 11 heteroatoms. The number of methoxy groups -OCH3 is 1. The number of nitrogens with zero attached hydrogens (tertiary/aromatic N) is 6. The third-order valence-corrected chi connectivity index (χ3v) is 6.86. The van der Waals surface area contributed by atoms with Gasteiger partial charge in [-0.1, -0.05) is 74.6 Å². The van der Waals surface area contributed by atoms with E-state index in [1.54, 1.807) is 17.7 Å². The minimum Gasteiger partial charge on any atom is -0.497 e. The summed E-state index contributed by atoms with van der Waals surface area (Å²) in [5.74, 6) is 3.11. The molecule has 1 N–H and O–H groups in total. The quantitative estimate of drug-likeness (QED) is 0.217. The van der Waals surface area contributed by atoms with E-state index < -0.39 is 0 Å². The predicted octanol–water partition coefficient (Wildman–Crippen LogP) is 7.90. The van der Waals surface area contributed by atoms with Crippen molar-refractivity contribution in [3.8, 4) is 5.75 Å². The summed E-state index contributed by atoms with van der Waals surface area (Å²) in [6.45, 7) is 12.9. The highest BCUT2D eigenvalue weighted by molar-refractivity contribution is 6.36. The second kappa shape index (κ2) is 12.0. The normalized spacial score (nSPS) is 11.4. The van der Waals surface area contributed by atoms with Crippen molar-refractivity contribution in [3.05, 3.63) is 80.3 Å². The van der Waals surface area contributed by atoms with Crippen LogP contribution in [0.3, 0.4) is 0 Å². The SMILES string of the molecule is COc1ccc(CNc2cc(Cl)nn3c(C)nc(C(C)C)c23)cc1.Cc1nc(C(C)C)c2c(Cl)cc(Cl)nn12. The highest BCUT2D eigenvalue weighted by Gasteiger charge is 2.18. The summed E-state index contributed by atoms with van der Waals surface area (Å²) < 4.78 is 8.70. The molecule has 0 amide bonds. The number of halogens is 3. The maximum atomic E-state index is 6.19. The second-order valence-electron chi connectivity index (χ2n) is 9.82. The number of rotatable bonds is 6. The molecule has 0 atom stereocenters. The Hall–Kier alpha value is -3.07. The number of fused-ring (bicyclic) bond motifs is 2. The van der Waals surface area contributed by atoms with Gasteiger partial charge in [-0.2, -0.15) is 10.2 Å². The number of aryl methyl sites for hydroxylation is 2. The van der Waals surface area contributed by atoms with Crippen LogP contribution in [-0.4, -0.2) is 36.3 Å². The zero-order valence-electron chi connectivity index (χ0n) is 23.1. The van der Waals surface area contributed by atoms with Gasteiger partial charge in [-0.3, -0.25) is 0 Å². The highest BCUT2D eigenvalue weighted by atomic mass is 35.5. The minimum absolute atomic E-state index is 0.304. The van der Waals surface area contributed by atoms with E-state index >= 15 is 0 Å². The average molecular weight is 589 g/mol. The third kappa shape index (κ3) is 6.24. The molecule has 4 heterocycles. The van der Waals surface area contributed by atoms with Gasteiger partial charge in [0.2, 0.25) is 0 Å². The fourth-order valence-corrected chi connectivity index (χ4v) is 5.01. The van der Waals surface area contributed by atoms with Crippen molar-refractivity contribution >= 4 is 51.5 Å². The fourth-order valence-electron chi connectivity index (χ4n) is 4.30. The summed E-state index contributed by atoms with van der Waals surface area (Å²) in [5, 5.41) is 13.4. The van der Waals surface area contributed by atoms with Crippen LogP contribution < -0.4 is 10.1 Å². The predicted molar refractivity (Wildman–Crippen MR) is 159 cm³/mol. The third-order valence-electron chi connectivity index (χ3n) is 6.20. The van der Waals surface area contributed by atoms with E-state index in [0.717, 1.165) is 51.1 Å². The average Bonchev–Trinajstić information content (AvgIpc) is 3.40. The molecule has 8 nitrogen and oxygen atoms in total. The Balaban J connectivity index is 0.000000202. The van der Waals surface area contributed by atoms with Crippen molar-refractivity contribution in [2.75, 3.05) is 12.4 Å². The number of hydrogen-bond acceptors (Lipinski definition) is 6. The molecule has 0 radical (unpaired) electrons. The van der Waals surface area contributed by atoms with E-state index in [0.29, 0.717) is 33.7 Å². The Morgan fingerprint density at radius 1 is 0.795 bits per heavy atom. The fraction of sp³-hybridized carbons (Fsp3) is 0.357. The number of anilines is 1. The summed E-state index contributed by atoms with van der Waals surface area (Å²) in [6.07, 6.45) is 0. The minimum atomic E-state index is 0.304. The van der Waals surface area contributed by atoms with Gasteiger partial charge in [0.25, 0.3) is 0 Å². The Kier molecular flexibility index (Phi) is 8.89. The number of aromatic nitrogens is 6. The van der Waals surface area contributed by atoms with E-state index in [9.17, 15) is 0 Å². The van der Waals surface area contributed by atoms with E-state index in [1.165, 1.54) is 0 Å². The summed E-state index contributed by atoms with van der Waals surface area (Å²) >= 11 is 18.2. The lowest BCUT2D eigenvalue weighted by atomic mass is 10.1.